The molecule has 0 rings (SSSR count). The van der Waals surface area contributed by atoms with Crippen molar-refractivity contribution in [3.05, 3.63) is 0 Å². The number of carbonyl (C=O) groups excluding carboxylic acids is 1. The molecule has 0 spiro atoms. The van der Waals surface area contributed by atoms with E-state index in [9.17, 15) is 4.79 Å². The summed E-state index contributed by atoms with van der Waals surface area (Å²) in [5, 5.41) is 0. The molecule has 1 amide bonds. The summed E-state index contributed by atoms with van der Waals surface area (Å²) in [6.45, 7) is 0. The maximum atomic E-state index is 9.43. The molecule has 0 aromatic rings. The smallest absolute Gasteiger partial charge is 0.894 e. The summed E-state index contributed by atoms with van der Waals surface area (Å²) in [4.78, 5) is 45.2. The van der Waals surface area contributed by atoms with Crippen molar-refractivity contribution in [2.75, 3.05) is 14.1 Å². The van der Waals surface area contributed by atoms with E-state index in [4.69, 9.17) is 19.2 Å². The van der Waals surface area contributed by atoms with E-state index in [0.29, 0.717) is 0 Å². The molecule has 9 heteroatoms. The topological polar surface area (TPSA) is 113 Å². The van der Waals surface area contributed by atoms with E-state index in [1.807, 2.05) is 0 Å². The van der Waals surface area contributed by atoms with E-state index in [0.717, 1.165) is 6.41 Å². The predicted octanol–water partition coefficient (Wildman–Crippen LogP) is -6.19. The fourth-order valence-corrected chi connectivity index (χ4v) is 0. The molecule has 0 unspecified atom stereocenters. The molecule has 0 aliphatic heterocycles. The molecule has 0 heterocycles. The van der Waals surface area contributed by atoms with Gasteiger partial charge in [-0.1, -0.05) is 0 Å². The molecule has 0 saturated heterocycles. The third-order valence-electron chi connectivity index (χ3n) is 0.211. The molecule has 0 aromatic carbocycles. The number of amides is 1. The molecule has 0 aromatic heterocycles. The summed E-state index contributed by atoms with van der Waals surface area (Å²) in [6.07, 6.45) is 0.750. The van der Waals surface area contributed by atoms with Crippen molar-refractivity contribution in [3.63, 3.8) is 0 Å². The first-order chi connectivity index (χ1) is 4.27. The maximum absolute atomic E-state index is 9.43. The molecule has 0 saturated carbocycles. The van der Waals surface area contributed by atoms with Crippen molar-refractivity contribution in [2.24, 2.45) is 0 Å². The molecule has 12 heavy (non-hydrogen) atoms. The molecule has 0 atom stereocenters. The van der Waals surface area contributed by atoms with Gasteiger partial charge in [0.2, 0.25) is 6.41 Å². The Labute approximate surface area is 132 Å². The van der Waals surface area contributed by atoms with Gasteiger partial charge in [-0.3, -0.25) is 4.79 Å². The van der Waals surface area contributed by atoms with Crippen molar-refractivity contribution in [1.29, 1.82) is 0 Å². The molecular weight excluding hydrogens is 238 g/mol. The minimum absolute atomic E-state index is 0. The molecule has 0 fully saturated rings. The first-order valence-electron chi connectivity index (χ1n) is 2.20. The fraction of sp³-hybridized carbons (Fsp3) is 0.667. The third-order valence-corrected chi connectivity index (χ3v) is 0.211. The van der Waals surface area contributed by atoms with Crippen LogP contribution >= 0.6 is 0 Å². The van der Waals surface area contributed by atoms with Crippen LogP contribution in [0.3, 0.4) is 0 Å². The third kappa shape index (κ3) is 89.8. The quantitative estimate of drug-likeness (QED) is 0.337. The molecule has 0 N–H and O–H groups in total. The van der Waals surface area contributed by atoms with Crippen LogP contribution in [0.15, 0.2) is 0 Å². The van der Waals surface area contributed by atoms with Crippen molar-refractivity contribution in [2.45, 2.75) is 0 Å². The van der Waals surface area contributed by atoms with Crippen molar-refractivity contribution < 1.29 is 24.0 Å². The minimum atomic E-state index is -5.61. The van der Waals surface area contributed by atoms with Gasteiger partial charge in [-0.15, -0.1) is 0 Å². The van der Waals surface area contributed by atoms with Crippen LogP contribution in [0.2, 0.25) is 0 Å². The van der Waals surface area contributed by atoms with E-state index in [-0.39, 0.29) is 75.5 Å². The average molecular weight is 245 g/mol. The van der Waals surface area contributed by atoms with Crippen LogP contribution in [0.25, 0.3) is 0 Å². The predicted molar refractivity (Wildman–Crippen MR) is 37.0 cm³/mol. The van der Waals surface area contributed by atoms with Crippen LogP contribution in [0, 0.1) is 0 Å². The Morgan fingerprint density at radius 2 is 1.17 bits per heavy atom. The van der Waals surface area contributed by atoms with Crippen LogP contribution in [0.1, 0.15) is 0 Å². The standard InChI is InChI=1S/C3H7NO.2Ca.O4Si/c1-4(2)3-5;;;1-5(2,3)4/h3H,1-2H3;;;/q;2*+2;-4. The molecule has 0 radical (unpaired) electrons. The second-order valence-corrected chi connectivity index (χ2v) is 2.57. The van der Waals surface area contributed by atoms with Crippen LogP contribution in [0.4, 0.5) is 0 Å². The SMILES string of the molecule is CN(C)C=O.[Ca+2].[Ca+2].[O-][Si]([O-])([O-])[O-]. The molecule has 0 bridgehead atoms. The molecular formula is C3H7Ca2NO5Si. The number of nitrogens with zero attached hydrogens (tertiary/aromatic N) is 1. The van der Waals surface area contributed by atoms with Gasteiger partial charge < -0.3 is 33.1 Å². The zero-order valence-electron chi connectivity index (χ0n) is 6.98. The van der Waals surface area contributed by atoms with E-state index in [2.05, 4.69) is 0 Å². The van der Waals surface area contributed by atoms with Gasteiger partial charge >= 0.3 is 75.5 Å². The number of rotatable bonds is 1. The summed E-state index contributed by atoms with van der Waals surface area (Å²) in [7, 11) is -2.24. The first-order valence-corrected chi connectivity index (χ1v) is 3.84. The molecule has 0 aliphatic rings. The van der Waals surface area contributed by atoms with Gasteiger partial charge in [-0.05, 0) is 0 Å². The Kier molecular flexibility index (Phi) is 25.8. The van der Waals surface area contributed by atoms with Crippen LogP contribution in [0.5, 0.6) is 0 Å². The minimum Gasteiger partial charge on any atom is -0.894 e. The monoisotopic (exact) mass is 245 g/mol. The van der Waals surface area contributed by atoms with Gasteiger partial charge in [-0.25, -0.2) is 0 Å². The van der Waals surface area contributed by atoms with Crippen LogP contribution < -0.4 is 19.2 Å². The van der Waals surface area contributed by atoms with Crippen molar-refractivity contribution in [1.82, 2.24) is 4.90 Å². The van der Waals surface area contributed by atoms with Gasteiger partial charge in [0.05, 0.1) is 0 Å². The van der Waals surface area contributed by atoms with Gasteiger partial charge in [0.15, 0.2) is 0 Å². The zero-order valence-corrected chi connectivity index (χ0v) is 12.4. The number of hydrogen-bond acceptors (Lipinski definition) is 5. The second kappa shape index (κ2) is 13.0. The largest absolute Gasteiger partial charge is 2.00 e. The Balaban J connectivity index is -0.0000000457. The fourth-order valence-electron chi connectivity index (χ4n) is 0. The summed E-state index contributed by atoms with van der Waals surface area (Å²) in [6, 6.07) is 0. The van der Waals surface area contributed by atoms with E-state index < -0.39 is 9.05 Å². The Morgan fingerprint density at radius 3 is 1.17 bits per heavy atom. The molecule has 62 valence electrons. The Morgan fingerprint density at radius 1 is 1.08 bits per heavy atom. The first kappa shape index (κ1) is 23.7. The summed E-state index contributed by atoms with van der Waals surface area (Å²) in [5.74, 6) is 0. The van der Waals surface area contributed by atoms with Gasteiger partial charge in [0, 0.05) is 14.1 Å². The summed E-state index contributed by atoms with van der Waals surface area (Å²) < 4.78 is 0. The number of hydrogen-bond donors (Lipinski definition) is 0. The second-order valence-electron chi connectivity index (χ2n) is 1.57. The number of carbonyl (C=O) groups is 1. The summed E-state index contributed by atoms with van der Waals surface area (Å²) >= 11 is 0. The molecule has 6 nitrogen and oxygen atoms in total. The normalized spacial score (nSPS) is 7.83. The van der Waals surface area contributed by atoms with Gasteiger partial charge in [0.25, 0.3) is 0 Å². The van der Waals surface area contributed by atoms with Crippen molar-refractivity contribution >= 4 is 90.9 Å². The molecule has 0 aliphatic carbocycles. The Bertz CT molecular complexity index is 91.2. The van der Waals surface area contributed by atoms with E-state index in [1.54, 1.807) is 14.1 Å². The van der Waals surface area contributed by atoms with Gasteiger partial charge in [0.1, 0.15) is 0 Å². The van der Waals surface area contributed by atoms with Gasteiger partial charge in [-0.2, -0.15) is 0 Å². The van der Waals surface area contributed by atoms with Crippen LogP contribution in [-0.2, 0) is 4.79 Å². The van der Waals surface area contributed by atoms with E-state index in [1.165, 1.54) is 4.90 Å². The van der Waals surface area contributed by atoms with E-state index >= 15 is 0 Å². The summed E-state index contributed by atoms with van der Waals surface area (Å²) in [5.41, 5.74) is 0. The van der Waals surface area contributed by atoms with Crippen molar-refractivity contribution in [3.8, 4) is 0 Å². The maximum Gasteiger partial charge on any atom is 2.00 e. The zero-order chi connectivity index (χ0) is 8.78. The Hall–Kier alpha value is 2.05. The van der Waals surface area contributed by atoms with Crippen LogP contribution in [-0.4, -0.2) is 110 Å². The average Bonchev–Trinajstić information content (AvgIpc) is 1.61.